The maximum absolute atomic E-state index is 10.8. The molecule has 6 heteroatoms. The zero-order valence-electron chi connectivity index (χ0n) is 10.7. The minimum atomic E-state index is 0.445. The van der Waals surface area contributed by atoms with Crippen LogP contribution in [-0.4, -0.2) is 25.8 Å². The molecule has 2 aromatic rings. The van der Waals surface area contributed by atoms with E-state index in [4.69, 9.17) is 11.6 Å². The summed E-state index contributed by atoms with van der Waals surface area (Å²) in [6.07, 6.45) is 8.58. The highest BCUT2D eigenvalue weighted by molar-refractivity contribution is 6.30. The molecule has 0 aromatic carbocycles. The highest BCUT2D eigenvalue weighted by Gasteiger charge is 2.09. The van der Waals surface area contributed by atoms with Gasteiger partial charge < -0.3 is 4.57 Å². The van der Waals surface area contributed by atoms with Gasteiger partial charge in [0, 0.05) is 25.0 Å². The van der Waals surface area contributed by atoms with Crippen LogP contribution >= 0.6 is 11.6 Å². The van der Waals surface area contributed by atoms with Crippen molar-refractivity contribution in [2.24, 2.45) is 0 Å². The van der Waals surface area contributed by atoms with Crippen LogP contribution in [0.15, 0.2) is 18.6 Å². The number of nitrogens with zero attached hydrogens (tertiary/aromatic N) is 4. The molecule has 0 aliphatic rings. The van der Waals surface area contributed by atoms with Crippen LogP contribution in [-0.2, 0) is 13.0 Å². The molecule has 2 heterocycles. The molecular weight excluding hydrogens is 264 g/mol. The van der Waals surface area contributed by atoms with E-state index in [0.717, 1.165) is 31.4 Å². The SMILES string of the molecule is CCCCc1nc(C=O)cn1Cc1ncc(Cl)cn1. The average molecular weight is 279 g/mol. The molecule has 0 fully saturated rings. The molecule has 0 radical (unpaired) electrons. The molecule has 5 nitrogen and oxygen atoms in total. The molecule has 0 aliphatic heterocycles. The van der Waals surface area contributed by atoms with Gasteiger partial charge >= 0.3 is 0 Å². The Morgan fingerprint density at radius 3 is 2.74 bits per heavy atom. The van der Waals surface area contributed by atoms with Gasteiger partial charge in [0.05, 0.1) is 11.6 Å². The smallest absolute Gasteiger partial charge is 0.170 e. The Morgan fingerprint density at radius 1 is 1.37 bits per heavy atom. The van der Waals surface area contributed by atoms with Crippen molar-refractivity contribution in [2.45, 2.75) is 32.7 Å². The number of aldehydes is 1. The van der Waals surface area contributed by atoms with E-state index < -0.39 is 0 Å². The summed E-state index contributed by atoms with van der Waals surface area (Å²) < 4.78 is 1.92. The van der Waals surface area contributed by atoms with Gasteiger partial charge in [0.15, 0.2) is 6.29 Å². The van der Waals surface area contributed by atoms with Gasteiger partial charge in [-0.1, -0.05) is 24.9 Å². The van der Waals surface area contributed by atoms with Gasteiger partial charge in [-0.3, -0.25) is 4.79 Å². The average Bonchev–Trinajstić information content (AvgIpc) is 2.81. The molecule has 0 unspecified atom stereocenters. The van der Waals surface area contributed by atoms with E-state index in [1.165, 1.54) is 0 Å². The predicted molar refractivity (Wildman–Crippen MR) is 72.4 cm³/mol. The molecule has 100 valence electrons. The Hall–Kier alpha value is -1.75. The van der Waals surface area contributed by atoms with Gasteiger partial charge in [-0.2, -0.15) is 0 Å². The third kappa shape index (κ3) is 3.61. The molecule has 19 heavy (non-hydrogen) atoms. The lowest BCUT2D eigenvalue weighted by molar-refractivity contribution is 0.111. The number of halogens is 1. The molecule has 0 spiro atoms. The van der Waals surface area contributed by atoms with E-state index in [2.05, 4.69) is 21.9 Å². The first kappa shape index (κ1) is 13.7. The minimum absolute atomic E-state index is 0.445. The molecule has 0 bridgehead atoms. The van der Waals surface area contributed by atoms with Crippen molar-refractivity contribution in [2.75, 3.05) is 0 Å². The van der Waals surface area contributed by atoms with E-state index in [1.54, 1.807) is 18.6 Å². The number of rotatable bonds is 6. The molecule has 0 saturated carbocycles. The van der Waals surface area contributed by atoms with Crippen LogP contribution in [0.2, 0.25) is 5.02 Å². The van der Waals surface area contributed by atoms with Crippen LogP contribution in [0.4, 0.5) is 0 Å². The summed E-state index contributed by atoms with van der Waals surface area (Å²) in [5.41, 5.74) is 0.445. The van der Waals surface area contributed by atoms with Gasteiger partial charge in [0.2, 0.25) is 0 Å². The van der Waals surface area contributed by atoms with Crippen LogP contribution in [0.25, 0.3) is 0 Å². The van der Waals surface area contributed by atoms with Crippen molar-refractivity contribution >= 4 is 17.9 Å². The first-order chi connectivity index (χ1) is 9.22. The lowest BCUT2D eigenvalue weighted by atomic mass is 10.2. The van der Waals surface area contributed by atoms with Gasteiger partial charge in [0.25, 0.3) is 0 Å². The summed E-state index contributed by atoms with van der Waals surface area (Å²) in [6, 6.07) is 0. The topological polar surface area (TPSA) is 60.7 Å². The van der Waals surface area contributed by atoms with Crippen LogP contribution in [0.5, 0.6) is 0 Å². The van der Waals surface area contributed by atoms with Crippen LogP contribution < -0.4 is 0 Å². The van der Waals surface area contributed by atoms with Crippen molar-refractivity contribution in [3.63, 3.8) is 0 Å². The minimum Gasteiger partial charge on any atom is -0.327 e. The van der Waals surface area contributed by atoms with Crippen LogP contribution in [0, 0.1) is 0 Å². The van der Waals surface area contributed by atoms with Gasteiger partial charge in [-0.25, -0.2) is 15.0 Å². The van der Waals surface area contributed by atoms with Gasteiger partial charge in [-0.05, 0) is 6.42 Å². The zero-order chi connectivity index (χ0) is 13.7. The second kappa shape index (κ2) is 6.43. The molecule has 2 rings (SSSR count). The molecule has 0 aliphatic carbocycles. The fourth-order valence-electron chi connectivity index (χ4n) is 1.78. The maximum Gasteiger partial charge on any atom is 0.170 e. The highest BCUT2D eigenvalue weighted by atomic mass is 35.5. The maximum atomic E-state index is 10.8. The second-order valence-corrected chi connectivity index (χ2v) is 4.69. The van der Waals surface area contributed by atoms with Crippen molar-refractivity contribution in [1.29, 1.82) is 0 Å². The largest absolute Gasteiger partial charge is 0.327 e. The number of imidazole rings is 1. The van der Waals surface area contributed by atoms with Crippen LogP contribution in [0.1, 0.15) is 41.9 Å². The lowest BCUT2D eigenvalue weighted by Crippen LogP contribution is -2.07. The number of aromatic nitrogens is 4. The lowest BCUT2D eigenvalue weighted by Gasteiger charge is -2.06. The van der Waals surface area contributed by atoms with Crippen molar-refractivity contribution in [3.05, 3.63) is 41.0 Å². The van der Waals surface area contributed by atoms with Crippen molar-refractivity contribution < 1.29 is 4.79 Å². The summed E-state index contributed by atoms with van der Waals surface area (Å²) in [4.78, 5) is 23.4. The standard InChI is InChI=1S/C13H15ClN4O/c1-2-3-4-13-17-11(9-19)7-18(13)8-12-15-5-10(14)6-16-12/h5-7,9H,2-4,8H2,1H3. The highest BCUT2D eigenvalue weighted by Crippen LogP contribution is 2.09. The fourth-order valence-corrected chi connectivity index (χ4v) is 1.87. The van der Waals surface area contributed by atoms with Gasteiger partial charge in [0.1, 0.15) is 17.3 Å². The Bertz CT molecular complexity index is 550. The predicted octanol–water partition coefficient (Wildman–Crippen LogP) is 2.53. The quantitative estimate of drug-likeness (QED) is 0.762. The molecule has 0 amide bonds. The summed E-state index contributed by atoms with van der Waals surface area (Å²) in [5, 5.41) is 0.508. The number of carbonyl (C=O) groups excluding carboxylic acids is 1. The Balaban J connectivity index is 2.19. The Morgan fingerprint density at radius 2 is 2.11 bits per heavy atom. The number of unbranched alkanes of at least 4 members (excludes halogenated alkanes) is 1. The third-order valence-electron chi connectivity index (χ3n) is 2.74. The zero-order valence-corrected chi connectivity index (χ0v) is 11.5. The summed E-state index contributed by atoms with van der Waals surface area (Å²) in [7, 11) is 0. The first-order valence-corrected chi connectivity index (χ1v) is 6.58. The Labute approximate surface area is 116 Å². The molecule has 0 saturated heterocycles. The molecular formula is C13H15ClN4O. The Kier molecular flexibility index (Phi) is 4.63. The van der Waals surface area contributed by atoms with E-state index in [0.29, 0.717) is 23.1 Å². The van der Waals surface area contributed by atoms with Gasteiger partial charge in [-0.15, -0.1) is 0 Å². The summed E-state index contributed by atoms with van der Waals surface area (Å²) >= 11 is 5.75. The molecule has 2 aromatic heterocycles. The fraction of sp³-hybridized carbons (Fsp3) is 0.385. The number of hydrogen-bond acceptors (Lipinski definition) is 4. The van der Waals surface area contributed by atoms with E-state index in [1.807, 2.05) is 4.57 Å². The number of aryl methyl sites for hydroxylation is 1. The molecule has 0 atom stereocenters. The first-order valence-electron chi connectivity index (χ1n) is 6.20. The van der Waals surface area contributed by atoms with Crippen molar-refractivity contribution in [1.82, 2.24) is 19.5 Å². The van der Waals surface area contributed by atoms with E-state index in [-0.39, 0.29) is 0 Å². The van der Waals surface area contributed by atoms with E-state index in [9.17, 15) is 4.79 Å². The number of hydrogen-bond donors (Lipinski definition) is 0. The normalized spacial score (nSPS) is 10.6. The summed E-state index contributed by atoms with van der Waals surface area (Å²) in [5.74, 6) is 1.54. The monoisotopic (exact) mass is 278 g/mol. The summed E-state index contributed by atoms with van der Waals surface area (Å²) in [6.45, 7) is 2.62. The second-order valence-electron chi connectivity index (χ2n) is 4.25. The molecule has 0 N–H and O–H groups in total. The third-order valence-corrected chi connectivity index (χ3v) is 2.93. The van der Waals surface area contributed by atoms with E-state index >= 15 is 0 Å². The van der Waals surface area contributed by atoms with Crippen molar-refractivity contribution in [3.8, 4) is 0 Å². The number of carbonyl (C=O) groups is 1. The van der Waals surface area contributed by atoms with Crippen LogP contribution in [0.3, 0.4) is 0 Å².